The van der Waals surface area contributed by atoms with E-state index in [-0.39, 0.29) is 31.1 Å². The summed E-state index contributed by atoms with van der Waals surface area (Å²) in [5, 5.41) is 0. The van der Waals surface area contributed by atoms with Gasteiger partial charge in [-0.1, -0.05) is 291 Å². The second-order valence-corrected chi connectivity index (χ2v) is 21.3. The fourth-order valence-electron chi connectivity index (χ4n) is 8.99. The normalized spacial score (nSPS) is 12.8. The summed E-state index contributed by atoms with van der Waals surface area (Å²) in [6, 6.07) is 0. The minimum atomic E-state index is -0.795. The number of esters is 3. The summed E-state index contributed by atoms with van der Waals surface area (Å²) in [6.07, 6.45) is 88.0. The summed E-state index contributed by atoms with van der Waals surface area (Å²) in [6.45, 7) is 6.42. The number of carbonyl (C=O) groups excluding carboxylic acids is 3. The van der Waals surface area contributed by atoms with Crippen LogP contribution < -0.4 is 0 Å². The standard InChI is InChI=1S/C71H120O6/c1-4-7-10-13-16-19-22-25-28-31-33-34-35-36-38-40-43-46-49-52-55-58-61-64-70(73)76-67-68(66-75-69(72)63-60-57-54-51-48-45-42-39-30-27-24-21-18-15-12-9-6-3)77-71(74)65-62-59-56-53-50-47-44-41-37-32-29-26-23-20-17-14-11-8-5-2/h7,9-10,12,16,18-19,21,25,27-28,30,33-34,36,38,43,46,68H,4-6,8,11,13-15,17,20,22-24,26,29,31-32,35,37,39-42,44-45,47-67H2,1-3H3/b10-7-,12-9-,19-16-,21-18-,28-25-,30-27-,34-33-,38-36-,46-43-. The number of allylic oxidation sites excluding steroid dienone is 18. The molecule has 0 aromatic heterocycles. The first-order chi connectivity index (χ1) is 38.0. The summed E-state index contributed by atoms with van der Waals surface area (Å²) < 4.78 is 16.9. The van der Waals surface area contributed by atoms with Gasteiger partial charge in [-0.2, -0.15) is 0 Å². The van der Waals surface area contributed by atoms with E-state index in [9.17, 15) is 14.4 Å². The van der Waals surface area contributed by atoms with E-state index in [0.717, 1.165) is 135 Å². The largest absolute Gasteiger partial charge is 0.462 e. The van der Waals surface area contributed by atoms with E-state index in [4.69, 9.17) is 14.2 Å². The summed E-state index contributed by atoms with van der Waals surface area (Å²) in [7, 11) is 0. The maximum atomic E-state index is 12.9. The van der Waals surface area contributed by atoms with E-state index in [0.29, 0.717) is 19.3 Å². The van der Waals surface area contributed by atoms with Crippen LogP contribution in [0.3, 0.4) is 0 Å². The highest BCUT2D eigenvalue weighted by atomic mass is 16.6. The van der Waals surface area contributed by atoms with Gasteiger partial charge in [-0.25, -0.2) is 0 Å². The van der Waals surface area contributed by atoms with Crippen LogP contribution in [0.25, 0.3) is 0 Å². The highest BCUT2D eigenvalue weighted by Gasteiger charge is 2.19. The van der Waals surface area contributed by atoms with Gasteiger partial charge in [-0.15, -0.1) is 0 Å². The smallest absolute Gasteiger partial charge is 0.306 e. The highest BCUT2D eigenvalue weighted by molar-refractivity contribution is 5.71. The zero-order chi connectivity index (χ0) is 55.7. The van der Waals surface area contributed by atoms with Crippen LogP contribution in [0.5, 0.6) is 0 Å². The lowest BCUT2D eigenvalue weighted by molar-refractivity contribution is -0.167. The highest BCUT2D eigenvalue weighted by Crippen LogP contribution is 2.17. The van der Waals surface area contributed by atoms with E-state index in [2.05, 4.69) is 130 Å². The number of ether oxygens (including phenoxy) is 3. The van der Waals surface area contributed by atoms with Crippen molar-refractivity contribution in [2.45, 2.75) is 309 Å². The third kappa shape index (κ3) is 62.8. The van der Waals surface area contributed by atoms with Gasteiger partial charge in [-0.05, 0) is 103 Å². The van der Waals surface area contributed by atoms with Crippen LogP contribution in [0.15, 0.2) is 109 Å². The Hall–Kier alpha value is -3.93. The number of carbonyl (C=O) groups is 3. The fraction of sp³-hybridized carbons (Fsp3) is 0.704. The van der Waals surface area contributed by atoms with Gasteiger partial charge in [0.2, 0.25) is 0 Å². The lowest BCUT2D eigenvalue weighted by Crippen LogP contribution is -2.30. The predicted molar refractivity (Wildman–Crippen MR) is 334 cm³/mol. The first kappa shape index (κ1) is 73.1. The Labute approximate surface area is 476 Å². The molecule has 0 bridgehead atoms. The van der Waals surface area contributed by atoms with Crippen LogP contribution >= 0.6 is 0 Å². The lowest BCUT2D eigenvalue weighted by Gasteiger charge is -2.18. The summed E-state index contributed by atoms with van der Waals surface area (Å²) in [5.74, 6) is -0.914. The molecule has 0 spiro atoms. The molecule has 0 N–H and O–H groups in total. The minimum Gasteiger partial charge on any atom is -0.462 e. The molecule has 0 saturated heterocycles. The molecule has 0 aliphatic carbocycles. The first-order valence-corrected chi connectivity index (χ1v) is 32.4. The topological polar surface area (TPSA) is 78.9 Å². The van der Waals surface area contributed by atoms with Gasteiger partial charge in [0.05, 0.1) is 0 Å². The zero-order valence-electron chi connectivity index (χ0n) is 50.4. The number of unbranched alkanes of at least 4 members (excludes halogenated alkanes) is 29. The molecule has 1 unspecified atom stereocenters. The van der Waals surface area contributed by atoms with Crippen LogP contribution in [0.1, 0.15) is 303 Å². The van der Waals surface area contributed by atoms with Crippen LogP contribution in [0, 0.1) is 0 Å². The predicted octanol–water partition coefficient (Wildman–Crippen LogP) is 22.2. The van der Waals surface area contributed by atoms with Crippen molar-refractivity contribution >= 4 is 17.9 Å². The molecule has 0 rings (SSSR count). The van der Waals surface area contributed by atoms with Crippen molar-refractivity contribution in [1.82, 2.24) is 0 Å². The van der Waals surface area contributed by atoms with Crippen LogP contribution in [0.2, 0.25) is 0 Å². The van der Waals surface area contributed by atoms with Gasteiger partial charge >= 0.3 is 17.9 Å². The SMILES string of the molecule is CC/C=C\C/C=C\C/C=C\C/C=C\C/C=C\C/C=C\CCCCCCC(=O)OCC(COC(=O)CCCCCCCCC/C=C\C/C=C\C/C=C\CC)OC(=O)CCCCCCCCCCCCCCCCCCCCC. The van der Waals surface area contributed by atoms with E-state index in [1.807, 2.05) is 0 Å². The number of hydrogen-bond donors (Lipinski definition) is 0. The van der Waals surface area contributed by atoms with Crippen molar-refractivity contribution in [2.75, 3.05) is 13.2 Å². The Balaban J connectivity index is 4.44. The average molecular weight is 1070 g/mol. The Kier molecular flexibility index (Phi) is 61.3. The Morgan fingerprint density at radius 2 is 0.506 bits per heavy atom. The van der Waals surface area contributed by atoms with Crippen molar-refractivity contribution in [3.8, 4) is 0 Å². The molecular formula is C71H120O6. The van der Waals surface area contributed by atoms with Crippen molar-refractivity contribution in [3.63, 3.8) is 0 Å². The molecule has 440 valence electrons. The van der Waals surface area contributed by atoms with Gasteiger partial charge in [-0.3, -0.25) is 14.4 Å². The summed E-state index contributed by atoms with van der Waals surface area (Å²) in [5.41, 5.74) is 0. The molecule has 0 heterocycles. The van der Waals surface area contributed by atoms with Crippen molar-refractivity contribution < 1.29 is 28.6 Å². The molecule has 6 heteroatoms. The van der Waals surface area contributed by atoms with E-state index >= 15 is 0 Å². The average Bonchev–Trinajstić information content (AvgIpc) is 3.43. The second kappa shape index (κ2) is 64.6. The number of hydrogen-bond acceptors (Lipinski definition) is 6. The third-order valence-electron chi connectivity index (χ3n) is 13.8. The third-order valence-corrected chi connectivity index (χ3v) is 13.8. The van der Waals surface area contributed by atoms with Crippen molar-refractivity contribution in [2.24, 2.45) is 0 Å². The molecule has 0 fully saturated rings. The van der Waals surface area contributed by atoms with Gasteiger partial charge in [0.1, 0.15) is 13.2 Å². The lowest BCUT2D eigenvalue weighted by atomic mass is 10.0. The molecule has 0 aromatic rings. The van der Waals surface area contributed by atoms with Crippen LogP contribution in [-0.4, -0.2) is 37.2 Å². The molecule has 0 radical (unpaired) electrons. The quantitative estimate of drug-likeness (QED) is 0.0261. The molecule has 0 aliphatic rings. The van der Waals surface area contributed by atoms with E-state index in [1.54, 1.807) is 0 Å². The van der Waals surface area contributed by atoms with Crippen molar-refractivity contribution in [1.29, 1.82) is 0 Å². The first-order valence-electron chi connectivity index (χ1n) is 32.4. The molecule has 0 saturated carbocycles. The van der Waals surface area contributed by atoms with E-state index in [1.165, 1.54) is 128 Å². The zero-order valence-corrected chi connectivity index (χ0v) is 50.4. The fourth-order valence-corrected chi connectivity index (χ4v) is 8.99. The maximum Gasteiger partial charge on any atom is 0.306 e. The Bertz CT molecular complexity index is 1560. The van der Waals surface area contributed by atoms with Crippen molar-refractivity contribution in [3.05, 3.63) is 109 Å². The monoisotopic (exact) mass is 1070 g/mol. The molecule has 0 aliphatic heterocycles. The molecule has 6 nitrogen and oxygen atoms in total. The Morgan fingerprint density at radius 3 is 0.792 bits per heavy atom. The Morgan fingerprint density at radius 1 is 0.273 bits per heavy atom. The van der Waals surface area contributed by atoms with Gasteiger partial charge < -0.3 is 14.2 Å². The van der Waals surface area contributed by atoms with Crippen LogP contribution in [0.4, 0.5) is 0 Å². The number of rotatable bonds is 58. The van der Waals surface area contributed by atoms with E-state index < -0.39 is 6.10 Å². The molecule has 77 heavy (non-hydrogen) atoms. The minimum absolute atomic E-state index is 0.0906. The van der Waals surface area contributed by atoms with Gasteiger partial charge in [0.25, 0.3) is 0 Å². The molecular weight excluding hydrogens is 949 g/mol. The summed E-state index contributed by atoms with van der Waals surface area (Å²) in [4.78, 5) is 38.4. The molecule has 0 amide bonds. The molecule has 0 aromatic carbocycles. The van der Waals surface area contributed by atoms with Gasteiger partial charge in [0.15, 0.2) is 6.10 Å². The van der Waals surface area contributed by atoms with Crippen LogP contribution in [-0.2, 0) is 28.6 Å². The second-order valence-electron chi connectivity index (χ2n) is 21.3. The maximum absolute atomic E-state index is 12.9. The van der Waals surface area contributed by atoms with Gasteiger partial charge in [0, 0.05) is 19.3 Å². The molecule has 1 atom stereocenters. The summed E-state index contributed by atoms with van der Waals surface area (Å²) >= 11 is 0.